The molecule has 0 saturated carbocycles. The van der Waals surface area contributed by atoms with E-state index >= 15 is 0 Å². The van der Waals surface area contributed by atoms with Gasteiger partial charge in [0.2, 0.25) is 0 Å². The van der Waals surface area contributed by atoms with Crippen LogP contribution in [0.15, 0.2) is 60.9 Å². The molecule has 4 aromatic heterocycles. The van der Waals surface area contributed by atoms with E-state index in [1.807, 2.05) is 19.2 Å². The normalized spacial score (nSPS) is 11.5. The molecule has 0 amide bonds. The van der Waals surface area contributed by atoms with Crippen LogP contribution in [0.3, 0.4) is 0 Å². The van der Waals surface area contributed by atoms with Gasteiger partial charge in [-0.05, 0) is 111 Å². The van der Waals surface area contributed by atoms with Gasteiger partial charge in [-0.15, -0.1) is 0 Å². The number of ether oxygens (including phenoxy) is 1. The molecule has 0 aliphatic heterocycles. The zero-order valence-electron chi connectivity index (χ0n) is 52.5. The average Bonchev–Trinajstić information content (AvgIpc) is 3.49. The number of aromatic nitrogens is 4. The lowest BCUT2D eigenvalue weighted by atomic mass is 9.99. The maximum Gasteiger partial charge on any atom is 0.338 e. The Balaban J connectivity index is 1.40. The Labute approximate surface area is 492 Å². The van der Waals surface area contributed by atoms with Gasteiger partial charge in [0.15, 0.2) is 0 Å². The topological polar surface area (TPSA) is 77.9 Å². The second-order valence-corrected chi connectivity index (χ2v) is 24.3. The molecule has 6 nitrogen and oxygen atoms in total. The highest BCUT2D eigenvalue weighted by Gasteiger charge is 2.16. The Morgan fingerprint density at radius 2 is 0.550 bits per heavy atom. The molecule has 0 saturated heterocycles. The molecule has 0 unspecified atom stereocenters. The summed E-state index contributed by atoms with van der Waals surface area (Å²) in [5.41, 5.74) is 9.43. The van der Waals surface area contributed by atoms with Gasteiger partial charge < -0.3 is 4.74 Å². The smallest absolute Gasteiger partial charge is 0.338 e. The summed E-state index contributed by atoms with van der Waals surface area (Å²) in [5.74, 6) is -0.336. The molecule has 0 aliphatic rings. The van der Waals surface area contributed by atoms with E-state index < -0.39 is 0 Å². The number of hydrogen-bond donors (Lipinski definition) is 0. The Morgan fingerprint density at radius 3 is 0.863 bits per heavy atom. The van der Waals surface area contributed by atoms with Crippen LogP contribution in [0.5, 0.6) is 0 Å². The minimum atomic E-state index is -0.336. The lowest BCUT2D eigenvalue weighted by Crippen LogP contribution is -2.05. The molecule has 4 rings (SSSR count). The van der Waals surface area contributed by atoms with Crippen LogP contribution in [0.25, 0.3) is 34.2 Å². The van der Waals surface area contributed by atoms with E-state index in [1.165, 1.54) is 293 Å². The maximum absolute atomic E-state index is 12.9. The van der Waals surface area contributed by atoms with Crippen molar-refractivity contribution in [3.63, 3.8) is 0 Å². The summed E-state index contributed by atoms with van der Waals surface area (Å²) >= 11 is 0. The molecule has 0 spiro atoms. The number of hydrogen-bond acceptors (Lipinski definition) is 6. The van der Waals surface area contributed by atoms with Gasteiger partial charge in [-0.3, -0.25) is 9.97 Å². The lowest BCUT2D eigenvalue weighted by Gasteiger charge is -2.13. The van der Waals surface area contributed by atoms with E-state index in [2.05, 4.69) is 57.2 Å². The Bertz CT molecular complexity index is 2120. The first-order valence-electron chi connectivity index (χ1n) is 34.7. The fourth-order valence-electron chi connectivity index (χ4n) is 11.8. The molecule has 6 heteroatoms. The third-order valence-electron chi connectivity index (χ3n) is 16.9. The third kappa shape index (κ3) is 32.6. The van der Waals surface area contributed by atoms with Gasteiger partial charge in [0.25, 0.3) is 0 Å². The van der Waals surface area contributed by atoms with E-state index in [1.54, 1.807) is 12.3 Å². The summed E-state index contributed by atoms with van der Waals surface area (Å²) in [6, 6.07) is 17.1. The van der Waals surface area contributed by atoms with Gasteiger partial charge in [0.05, 0.1) is 46.3 Å². The van der Waals surface area contributed by atoms with Crippen molar-refractivity contribution in [1.82, 2.24) is 19.9 Å². The lowest BCUT2D eigenvalue weighted by molar-refractivity contribution is 0.0526. The Morgan fingerprint density at radius 1 is 0.300 bits per heavy atom. The van der Waals surface area contributed by atoms with Crippen LogP contribution in [0, 0.1) is 0 Å². The van der Waals surface area contributed by atoms with Crippen molar-refractivity contribution >= 4 is 5.97 Å². The van der Waals surface area contributed by atoms with E-state index in [4.69, 9.17) is 24.7 Å². The largest absolute Gasteiger partial charge is 0.462 e. The molecule has 0 aliphatic carbocycles. The van der Waals surface area contributed by atoms with Crippen molar-refractivity contribution in [2.45, 2.75) is 336 Å². The monoisotopic (exact) mass is 1100 g/mol. The molecular weight excluding hydrogens is 977 g/mol. The predicted octanol–water partition coefficient (Wildman–Crippen LogP) is 23.7. The minimum absolute atomic E-state index is 0.328. The average molecular weight is 1100 g/mol. The Kier molecular flexibility index (Phi) is 40.8. The molecule has 4 heterocycles. The van der Waals surface area contributed by atoms with Crippen molar-refractivity contribution in [2.24, 2.45) is 0 Å². The highest BCUT2D eigenvalue weighted by molar-refractivity contribution is 5.90. The summed E-state index contributed by atoms with van der Waals surface area (Å²) in [6.07, 6.45) is 68.2. The van der Waals surface area contributed by atoms with Crippen LogP contribution >= 0.6 is 0 Å². The minimum Gasteiger partial charge on any atom is -0.462 e. The van der Waals surface area contributed by atoms with Gasteiger partial charge in [-0.25, -0.2) is 14.8 Å². The number of carbonyl (C=O) groups excluding carboxylic acids is 1. The first-order valence-corrected chi connectivity index (χ1v) is 34.7. The van der Waals surface area contributed by atoms with Crippen LogP contribution < -0.4 is 0 Å². The quantitative estimate of drug-likeness (QED) is 0.0324. The molecule has 0 atom stereocenters. The fourth-order valence-corrected chi connectivity index (χ4v) is 11.8. The second kappa shape index (κ2) is 47.5. The summed E-state index contributed by atoms with van der Waals surface area (Å²) < 4.78 is 5.40. The highest BCUT2D eigenvalue weighted by atomic mass is 16.5. The molecule has 80 heavy (non-hydrogen) atoms. The fraction of sp³-hybridized carbons (Fsp3) is 0.716. The number of nitrogens with zero attached hydrogens (tertiary/aromatic N) is 4. The molecule has 0 N–H and O–H groups in total. The third-order valence-corrected chi connectivity index (χ3v) is 16.9. The number of aryl methyl sites for hydroxylation is 3. The zero-order valence-corrected chi connectivity index (χ0v) is 52.5. The first-order chi connectivity index (χ1) is 39.5. The van der Waals surface area contributed by atoms with Crippen molar-refractivity contribution in [2.75, 3.05) is 6.61 Å². The van der Waals surface area contributed by atoms with Crippen LogP contribution in [-0.2, 0) is 24.0 Å². The Hall–Kier alpha value is -3.93. The predicted molar refractivity (Wildman–Crippen MR) is 346 cm³/mol. The van der Waals surface area contributed by atoms with Crippen LogP contribution in [0.2, 0.25) is 0 Å². The van der Waals surface area contributed by atoms with Gasteiger partial charge in [0, 0.05) is 12.4 Å². The summed E-state index contributed by atoms with van der Waals surface area (Å²) in [7, 11) is 0. The van der Waals surface area contributed by atoms with Crippen molar-refractivity contribution in [3.05, 3.63) is 83.2 Å². The first kappa shape index (κ1) is 68.6. The molecule has 0 aromatic carbocycles. The van der Waals surface area contributed by atoms with Crippen molar-refractivity contribution < 1.29 is 9.53 Å². The molecule has 0 fully saturated rings. The van der Waals surface area contributed by atoms with Crippen LogP contribution in [0.1, 0.15) is 344 Å². The van der Waals surface area contributed by atoms with Gasteiger partial charge in [-0.1, -0.05) is 290 Å². The summed E-state index contributed by atoms with van der Waals surface area (Å²) in [4.78, 5) is 33.4. The van der Waals surface area contributed by atoms with Crippen LogP contribution in [-0.4, -0.2) is 32.5 Å². The summed E-state index contributed by atoms with van der Waals surface area (Å²) in [6.45, 7) is 9.08. The molecule has 0 radical (unpaired) electrons. The summed E-state index contributed by atoms with van der Waals surface area (Å²) in [5, 5.41) is 0. The number of carbonyl (C=O) groups is 1. The van der Waals surface area contributed by atoms with Gasteiger partial charge in [-0.2, -0.15) is 0 Å². The highest BCUT2D eigenvalue weighted by Crippen LogP contribution is 2.30. The number of unbranched alkanes of at least 4 members (excludes halogenated alkanes) is 42. The molecule has 4 aromatic rings. The van der Waals surface area contributed by atoms with E-state index in [-0.39, 0.29) is 5.97 Å². The molecule has 0 bridgehead atoms. The standard InChI is InChI=1S/C74H120N4O2/c1-5-9-12-15-18-21-24-27-30-31-32-35-36-39-42-45-48-51-64-54-56-75-68(58-64)70-59-65(52-49-46-43-40-37-33-28-25-22-19-16-13-10-6-2)61-72(77-70)73-62-66(53-50-47-44-41-38-34-29-26-23-20-17-14-11-7-3)60-71(78-73)69-63-67(55-57-76-69)74(79)80-8-4/h54-63H,5-53H2,1-4H3. The maximum atomic E-state index is 12.9. The number of pyridine rings is 4. The van der Waals surface area contributed by atoms with E-state index in [9.17, 15) is 4.79 Å². The van der Waals surface area contributed by atoms with E-state index in [0.29, 0.717) is 17.9 Å². The van der Waals surface area contributed by atoms with Crippen molar-refractivity contribution in [1.29, 1.82) is 0 Å². The van der Waals surface area contributed by atoms with E-state index in [0.717, 1.165) is 60.6 Å². The second-order valence-electron chi connectivity index (χ2n) is 24.3. The van der Waals surface area contributed by atoms with Crippen molar-refractivity contribution in [3.8, 4) is 34.2 Å². The van der Waals surface area contributed by atoms with Gasteiger partial charge >= 0.3 is 5.97 Å². The zero-order chi connectivity index (χ0) is 56.6. The number of rotatable bonds is 53. The molecular formula is C74H120N4O2. The van der Waals surface area contributed by atoms with Gasteiger partial charge in [0.1, 0.15) is 0 Å². The van der Waals surface area contributed by atoms with Crippen LogP contribution in [0.4, 0.5) is 0 Å². The molecule has 448 valence electrons. The number of esters is 1. The SMILES string of the molecule is CCCCCCCCCCCCCCCCCCCc1ccnc(-c2cc(CCCCCCCCCCCCCCCC)cc(-c3cc(CCCCCCCCCCCCCCCC)cc(-c4cc(C(=O)OCC)ccn4)n3)n2)c1.